The first-order valence-corrected chi connectivity index (χ1v) is 20.4. The summed E-state index contributed by atoms with van der Waals surface area (Å²) in [5, 5.41) is 10.1. The fourth-order valence-electron chi connectivity index (χ4n) is 7.64. The number of carbonyl (C=O) groups is 1. The summed E-state index contributed by atoms with van der Waals surface area (Å²) in [5.41, 5.74) is 2.92. The van der Waals surface area contributed by atoms with Crippen LogP contribution in [0.25, 0.3) is 0 Å². The van der Waals surface area contributed by atoms with E-state index in [0.717, 1.165) is 28.5 Å². The molecule has 3 aromatic rings. The van der Waals surface area contributed by atoms with Crippen LogP contribution < -0.4 is 0 Å². The van der Waals surface area contributed by atoms with Gasteiger partial charge in [0.25, 0.3) is 0 Å². The lowest BCUT2D eigenvalue weighted by Crippen LogP contribution is -2.61. The average Bonchev–Trinajstić information content (AvgIpc) is 3.69. The van der Waals surface area contributed by atoms with Gasteiger partial charge in [-0.3, -0.25) is 4.79 Å². The summed E-state index contributed by atoms with van der Waals surface area (Å²) in [7, 11) is 0. The summed E-state index contributed by atoms with van der Waals surface area (Å²) >= 11 is 1.15. The number of ketones is 1. The average molecular weight is 807 g/mol. The van der Waals surface area contributed by atoms with E-state index in [4.69, 9.17) is 47.4 Å². The number of fused-ring (bicyclic) bond motifs is 3. The molecule has 4 fully saturated rings. The molecule has 10 atom stereocenters. The highest BCUT2D eigenvalue weighted by Gasteiger charge is 2.61. The van der Waals surface area contributed by atoms with Crippen molar-refractivity contribution >= 4 is 17.5 Å². The minimum absolute atomic E-state index is 0.00506. The third kappa shape index (κ3) is 10.5. The zero-order chi connectivity index (χ0) is 40.2. The third-order valence-electron chi connectivity index (χ3n) is 10.1. The van der Waals surface area contributed by atoms with Crippen molar-refractivity contribution in [2.75, 3.05) is 13.2 Å². The Labute approximate surface area is 339 Å². The van der Waals surface area contributed by atoms with Crippen molar-refractivity contribution in [2.24, 2.45) is 0 Å². The minimum Gasteiger partial charge on any atom is -0.511 e. The van der Waals surface area contributed by atoms with Gasteiger partial charge in [-0.25, -0.2) is 0 Å². The molecule has 4 saturated heterocycles. The number of hydrogen-bond donors (Lipinski definition) is 1. The minimum atomic E-state index is -1.00. The molecule has 0 aliphatic carbocycles. The number of hydrogen-bond acceptors (Lipinski definition) is 13. The summed E-state index contributed by atoms with van der Waals surface area (Å²) in [4.78, 5) is 13.2. The Morgan fingerprint density at radius 1 is 0.632 bits per heavy atom. The lowest BCUT2D eigenvalue weighted by Gasteiger charge is -2.46. The van der Waals surface area contributed by atoms with Crippen LogP contribution in [0.4, 0.5) is 0 Å². The van der Waals surface area contributed by atoms with Crippen LogP contribution in [0.5, 0.6) is 0 Å². The molecule has 0 aromatic heterocycles. The van der Waals surface area contributed by atoms with E-state index in [1.165, 1.54) is 13.8 Å². The van der Waals surface area contributed by atoms with Crippen LogP contribution in [0, 0.1) is 0 Å². The first-order chi connectivity index (χ1) is 27.4. The molecule has 0 bridgehead atoms. The Balaban J connectivity index is 1.21. The van der Waals surface area contributed by atoms with Gasteiger partial charge >= 0.3 is 0 Å². The molecule has 4 heterocycles. The fourth-order valence-corrected chi connectivity index (χ4v) is 8.87. The van der Waals surface area contributed by atoms with E-state index in [-0.39, 0.29) is 42.9 Å². The second-order valence-electron chi connectivity index (χ2n) is 15.7. The molecule has 308 valence electrons. The topological polar surface area (TPSA) is 130 Å². The molecule has 13 heteroatoms. The standard InChI is InChI=1S/C44H54O12S/c1-27(45)39(28(2)46)57-40-37(49-24-31-20-14-9-15-21-31)34(48-23-30-18-12-8-13-19-30)32(25-47-22-29-16-10-7-11-17-29)52-42(40)50-26-33-35-36(54-43(3,4)53-35)38-41(51-33)56-44(5,6)55-38/h7-21,32-38,40-42,45H,22-26H2,1-6H3/b39-27+/t32-,33-,34-,35+,36+,37+,38-,40+,41-,42+/m1/s1. The summed E-state index contributed by atoms with van der Waals surface area (Å²) in [5.74, 6) is -2.21. The number of rotatable bonds is 16. The maximum atomic E-state index is 13.0. The molecule has 3 aromatic carbocycles. The molecule has 0 saturated carbocycles. The van der Waals surface area contributed by atoms with Gasteiger partial charge in [-0.15, -0.1) is 11.8 Å². The Bertz CT molecular complexity index is 1790. The number of aliphatic hydroxyl groups is 1. The maximum absolute atomic E-state index is 13.0. The van der Waals surface area contributed by atoms with Crippen LogP contribution in [0.3, 0.4) is 0 Å². The van der Waals surface area contributed by atoms with Crippen LogP contribution in [-0.2, 0) is 72.0 Å². The van der Waals surface area contributed by atoms with Gasteiger partial charge in [-0.1, -0.05) is 91.0 Å². The fraction of sp³-hybridized carbons (Fsp3) is 0.523. The van der Waals surface area contributed by atoms with E-state index in [2.05, 4.69) is 0 Å². The van der Waals surface area contributed by atoms with Crippen molar-refractivity contribution in [3.63, 3.8) is 0 Å². The highest BCUT2D eigenvalue weighted by atomic mass is 32.2. The van der Waals surface area contributed by atoms with Crippen molar-refractivity contribution < 1.29 is 57.3 Å². The Kier molecular flexibility index (Phi) is 13.5. The predicted molar refractivity (Wildman–Crippen MR) is 211 cm³/mol. The van der Waals surface area contributed by atoms with E-state index >= 15 is 0 Å². The number of aliphatic hydroxyl groups excluding tert-OH is 1. The molecule has 0 amide bonds. The molecule has 0 radical (unpaired) electrons. The summed E-state index contributed by atoms with van der Waals surface area (Å²) in [6.07, 6.45) is -5.98. The number of thioether (sulfide) groups is 1. The smallest absolute Gasteiger partial charge is 0.190 e. The van der Waals surface area contributed by atoms with E-state index < -0.39 is 72.1 Å². The van der Waals surface area contributed by atoms with Crippen LogP contribution in [0.2, 0.25) is 0 Å². The Morgan fingerprint density at radius 3 is 1.74 bits per heavy atom. The summed E-state index contributed by atoms with van der Waals surface area (Å²) < 4.78 is 65.1. The lowest BCUT2D eigenvalue weighted by atomic mass is 9.99. The van der Waals surface area contributed by atoms with Gasteiger partial charge in [0.1, 0.15) is 48.5 Å². The highest BCUT2D eigenvalue weighted by Crippen LogP contribution is 2.45. The van der Waals surface area contributed by atoms with Crippen LogP contribution in [-0.4, -0.2) is 96.2 Å². The van der Waals surface area contributed by atoms with Crippen LogP contribution in [0.1, 0.15) is 58.2 Å². The lowest BCUT2D eigenvalue weighted by molar-refractivity contribution is -0.293. The molecule has 4 aliphatic rings. The van der Waals surface area contributed by atoms with E-state index in [1.54, 1.807) is 0 Å². The van der Waals surface area contributed by atoms with Crippen molar-refractivity contribution in [3.8, 4) is 0 Å². The number of allylic oxidation sites excluding steroid dienone is 2. The monoisotopic (exact) mass is 806 g/mol. The van der Waals surface area contributed by atoms with Gasteiger partial charge in [0.15, 0.2) is 29.9 Å². The first-order valence-electron chi connectivity index (χ1n) is 19.5. The van der Waals surface area contributed by atoms with Gasteiger partial charge < -0.3 is 52.5 Å². The van der Waals surface area contributed by atoms with Crippen LogP contribution >= 0.6 is 11.8 Å². The highest BCUT2D eigenvalue weighted by molar-refractivity contribution is 8.04. The van der Waals surface area contributed by atoms with E-state index in [0.29, 0.717) is 6.61 Å². The Morgan fingerprint density at radius 2 is 1.16 bits per heavy atom. The van der Waals surface area contributed by atoms with Crippen molar-refractivity contribution in [2.45, 2.75) is 133 Å². The van der Waals surface area contributed by atoms with Crippen LogP contribution in [0.15, 0.2) is 102 Å². The largest absolute Gasteiger partial charge is 0.511 e. The van der Waals surface area contributed by atoms with Gasteiger partial charge in [0.2, 0.25) is 0 Å². The van der Waals surface area contributed by atoms with Gasteiger partial charge in [-0.2, -0.15) is 0 Å². The Hall–Kier alpha value is -3.18. The molecule has 7 rings (SSSR count). The molecule has 0 unspecified atom stereocenters. The molecule has 0 spiro atoms. The van der Waals surface area contributed by atoms with Crippen molar-refractivity contribution in [1.82, 2.24) is 0 Å². The molecular weight excluding hydrogens is 753 g/mol. The molecule has 4 aliphatic heterocycles. The van der Waals surface area contributed by atoms with Gasteiger partial charge in [0.05, 0.1) is 43.2 Å². The number of Topliss-reactive ketones (excluding diaryl/α,β-unsaturated/α-hetero) is 1. The molecule has 1 N–H and O–H groups in total. The van der Waals surface area contributed by atoms with E-state index in [1.807, 2.05) is 119 Å². The van der Waals surface area contributed by atoms with Gasteiger partial charge in [0, 0.05) is 0 Å². The predicted octanol–water partition coefficient (Wildman–Crippen LogP) is 6.99. The SMILES string of the molecule is CC(=O)/C(S[C@@H]1[C@@H](OC[C@H]2O[C@@H]3OC(C)(C)O[C@@H]3[C@H]3OC(C)(C)O[C@H]32)O[C@H](COCc2ccccc2)[C@@H](OCc2ccccc2)[C@@H]1OCc1ccccc1)=C(/C)O. The number of benzene rings is 3. The number of carbonyl (C=O) groups excluding carboxylic acids is 1. The zero-order valence-corrected chi connectivity index (χ0v) is 34.1. The van der Waals surface area contributed by atoms with E-state index in [9.17, 15) is 9.90 Å². The molecule has 12 nitrogen and oxygen atoms in total. The second-order valence-corrected chi connectivity index (χ2v) is 16.8. The zero-order valence-electron chi connectivity index (χ0n) is 33.3. The number of ether oxygens (including phenoxy) is 10. The first kappa shape index (κ1) is 42.0. The quantitative estimate of drug-likeness (QED) is 0.118. The molecule has 57 heavy (non-hydrogen) atoms. The normalized spacial score (nSPS) is 32.0. The van der Waals surface area contributed by atoms with Gasteiger partial charge in [-0.05, 0) is 58.2 Å². The maximum Gasteiger partial charge on any atom is 0.190 e. The second kappa shape index (κ2) is 18.4. The summed E-state index contributed by atoms with van der Waals surface area (Å²) in [6.45, 7) is 11.3. The summed E-state index contributed by atoms with van der Waals surface area (Å²) in [6, 6.07) is 29.6. The van der Waals surface area contributed by atoms with Crippen molar-refractivity contribution in [3.05, 3.63) is 118 Å². The van der Waals surface area contributed by atoms with Crippen molar-refractivity contribution in [1.29, 1.82) is 0 Å². The third-order valence-corrected chi connectivity index (χ3v) is 11.7. The molecular formula is C44H54O12S.